The van der Waals surface area contributed by atoms with Gasteiger partial charge >= 0.3 is 0 Å². The summed E-state index contributed by atoms with van der Waals surface area (Å²) in [5.41, 5.74) is 0.549. The molecule has 1 aliphatic heterocycles. The van der Waals surface area contributed by atoms with Gasteiger partial charge in [0.25, 0.3) is 11.7 Å². The molecule has 0 unspecified atom stereocenters. The number of anilines is 1. The Morgan fingerprint density at radius 2 is 2.07 bits per heavy atom. The van der Waals surface area contributed by atoms with E-state index >= 15 is 0 Å². The van der Waals surface area contributed by atoms with Gasteiger partial charge in [0.1, 0.15) is 5.82 Å². The minimum Gasteiger partial charge on any atom is -0.318 e. The first-order valence-corrected chi connectivity index (χ1v) is 4.24. The molecule has 0 atom stereocenters. The molecule has 1 heterocycles. The highest BCUT2D eigenvalue weighted by atomic mass is 35.5. The Balaban J connectivity index is 2.76. The lowest BCUT2D eigenvalue weighted by molar-refractivity contribution is -0.112. The van der Waals surface area contributed by atoms with E-state index in [0.29, 0.717) is 0 Å². The van der Waals surface area contributed by atoms with Gasteiger partial charge in [-0.05, 0) is 13.0 Å². The van der Waals surface area contributed by atoms with E-state index in [1.165, 1.54) is 13.0 Å². The van der Waals surface area contributed by atoms with Crippen LogP contribution in [0.2, 0.25) is 5.02 Å². The van der Waals surface area contributed by atoms with Crippen molar-refractivity contribution in [3.05, 3.63) is 28.0 Å². The second kappa shape index (κ2) is 2.78. The van der Waals surface area contributed by atoms with E-state index in [-0.39, 0.29) is 21.8 Å². The molecule has 72 valence electrons. The number of hydrogen-bond acceptors (Lipinski definition) is 2. The molecule has 0 saturated carbocycles. The average molecular weight is 214 g/mol. The predicted molar refractivity (Wildman–Crippen MR) is 49.1 cm³/mol. The quantitative estimate of drug-likeness (QED) is 0.670. The van der Waals surface area contributed by atoms with Crippen LogP contribution in [0.3, 0.4) is 0 Å². The highest BCUT2D eigenvalue weighted by Gasteiger charge is 2.31. The highest BCUT2D eigenvalue weighted by Crippen LogP contribution is 2.32. The number of nitrogens with one attached hydrogen (secondary N) is 1. The van der Waals surface area contributed by atoms with Crippen LogP contribution in [0, 0.1) is 12.7 Å². The first-order valence-electron chi connectivity index (χ1n) is 3.86. The molecule has 0 fully saturated rings. The van der Waals surface area contributed by atoms with Crippen molar-refractivity contribution in [2.45, 2.75) is 6.92 Å². The van der Waals surface area contributed by atoms with Gasteiger partial charge in [-0.2, -0.15) is 0 Å². The maximum atomic E-state index is 13.2. The fourth-order valence-corrected chi connectivity index (χ4v) is 1.64. The van der Waals surface area contributed by atoms with Crippen LogP contribution in [0.5, 0.6) is 0 Å². The Bertz CT molecular complexity index is 470. The number of amides is 1. The zero-order valence-corrected chi connectivity index (χ0v) is 7.91. The highest BCUT2D eigenvalue weighted by molar-refractivity contribution is 6.52. The first kappa shape index (κ1) is 9.15. The van der Waals surface area contributed by atoms with Crippen molar-refractivity contribution in [2.24, 2.45) is 0 Å². The first-order chi connectivity index (χ1) is 6.52. The number of carbonyl (C=O) groups excluding carboxylic acids is 2. The van der Waals surface area contributed by atoms with Gasteiger partial charge in [0.2, 0.25) is 0 Å². The van der Waals surface area contributed by atoms with Gasteiger partial charge in [-0.3, -0.25) is 9.59 Å². The van der Waals surface area contributed by atoms with Crippen LogP contribution in [0.15, 0.2) is 6.07 Å². The molecule has 1 aromatic rings. The van der Waals surface area contributed by atoms with Crippen LogP contribution in [0.1, 0.15) is 15.9 Å². The lowest BCUT2D eigenvalue weighted by atomic mass is 10.1. The van der Waals surface area contributed by atoms with Crippen molar-refractivity contribution in [3.63, 3.8) is 0 Å². The number of benzene rings is 1. The maximum absolute atomic E-state index is 13.2. The van der Waals surface area contributed by atoms with Crippen LogP contribution >= 0.6 is 11.6 Å². The fourth-order valence-electron chi connectivity index (χ4n) is 1.39. The van der Waals surface area contributed by atoms with Gasteiger partial charge in [-0.1, -0.05) is 11.6 Å². The zero-order valence-electron chi connectivity index (χ0n) is 7.15. The Kier molecular flexibility index (Phi) is 1.82. The standard InChI is InChI=1S/C9H5ClFNO2/c1-3-6(11)5(10)2-4-7(3)12-9(14)8(4)13/h2H,1H3,(H,12,13,14). The number of ketones is 1. The van der Waals surface area contributed by atoms with E-state index in [1.807, 2.05) is 0 Å². The third-order valence-corrected chi connectivity index (χ3v) is 2.42. The molecule has 0 saturated heterocycles. The van der Waals surface area contributed by atoms with Gasteiger partial charge in [-0.15, -0.1) is 0 Å². The van der Waals surface area contributed by atoms with Crippen LogP contribution in [-0.4, -0.2) is 11.7 Å². The Labute approximate surface area is 83.9 Å². The molecule has 0 radical (unpaired) electrons. The molecule has 3 nitrogen and oxygen atoms in total. The molecule has 0 aliphatic carbocycles. The average Bonchev–Trinajstić information content (AvgIpc) is 2.42. The SMILES string of the molecule is Cc1c(F)c(Cl)cc2c1NC(=O)C2=O. The van der Waals surface area contributed by atoms with Crippen molar-refractivity contribution in [1.29, 1.82) is 0 Å². The zero-order chi connectivity index (χ0) is 10.5. The molecule has 0 aromatic heterocycles. The third-order valence-electron chi connectivity index (χ3n) is 2.14. The molecule has 1 N–H and O–H groups in total. The van der Waals surface area contributed by atoms with Crippen LogP contribution in [0.25, 0.3) is 0 Å². The van der Waals surface area contributed by atoms with E-state index in [0.717, 1.165) is 0 Å². The van der Waals surface area contributed by atoms with Gasteiger partial charge in [-0.25, -0.2) is 4.39 Å². The third kappa shape index (κ3) is 1.04. The molecule has 2 rings (SSSR count). The number of halogens is 2. The number of fused-ring (bicyclic) bond motifs is 1. The maximum Gasteiger partial charge on any atom is 0.296 e. The topological polar surface area (TPSA) is 46.2 Å². The largest absolute Gasteiger partial charge is 0.318 e. The van der Waals surface area contributed by atoms with E-state index in [4.69, 9.17) is 11.6 Å². The summed E-state index contributed by atoms with van der Waals surface area (Å²) in [5, 5.41) is 2.15. The van der Waals surface area contributed by atoms with E-state index < -0.39 is 17.5 Å². The van der Waals surface area contributed by atoms with Gasteiger partial charge in [0, 0.05) is 5.56 Å². The molecule has 1 aromatic carbocycles. The molecule has 0 spiro atoms. The molecule has 14 heavy (non-hydrogen) atoms. The molecule has 0 bridgehead atoms. The molecule has 1 aliphatic rings. The lowest BCUT2D eigenvalue weighted by Gasteiger charge is -2.04. The minimum absolute atomic E-state index is 0.138. The monoisotopic (exact) mass is 213 g/mol. The fraction of sp³-hybridized carbons (Fsp3) is 0.111. The van der Waals surface area contributed by atoms with Crippen molar-refractivity contribution in [2.75, 3.05) is 5.32 Å². The van der Waals surface area contributed by atoms with Gasteiger partial charge in [0.05, 0.1) is 16.3 Å². The normalized spacial score (nSPS) is 14.2. The van der Waals surface area contributed by atoms with Crippen molar-refractivity contribution < 1.29 is 14.0 Å². The lowest BCUT2D eigenvalue weighted by Crippen LogP contribution is -2.12. The number of hydrogen-bond donors (Lipinski definition) is 1. The van der Waals surface area contributed by atoms with E-state index in [9.17, 15) is 14.0 Å². The van der Waals surface area contributed by atoms with Crippen molar-refractivity contribution >= 4 is 29.0 Å². The summed E-state index contributed by atoms with van der Waals surface area (Å²) in [6.45, 7) is 1.46. The summed E-state index contributed by atoms with van der Waals surface area (Å²) in [4.78, 5) is 22.2. The summed E-state index contributed by atoms with van der Waals surface area (Å²) < 4.78 is 13.2. The Morgan fingerprint density at radius 1 is 1.43 bits per heavy atom. The molecule has 5 heteroatoms. The van der Waals surface area contributed by atoms with Crippen molar-refractivity contribution in [1.82, 2.24) is 0 Å². The summed E-state index contributed by atoms with van der Waals surface area (Å²) in [6, 6.07) is 1.17. The van der Waals surface area contributed by atoms with Crippen LogP contribution in [0.4, 0.5) is 10.1 Å². The van der Waals surface area contributed by atoms with Crippen LogP contribution < -0.4 is 5.32 Å². The number of carbonyl (C=O) groups is 2. The summed E-state index contributed by atoms with van der Waals surface area (Å²) in [6.07, 6.45) is 0. The van der Waals surface area contributed by atoms with E-state index in [2.05, 4.69) is 5.32 Å². The number of rotatable bonds is 0. The second-order valence-corrected chi connectivity index (χ2v) is 3.41. The molecular formula is C9H5ClFNO2. The molecule has 1 amide bonds. The van der Waals surface area contributed by atoms with Gasteiger partial charge < -0.3 is 5.32 Å². The van der Waals surface area contributed by atoms with Crippen LogP contribution in [-0.2, 0) is 4.79 Å². The smallest absolute Gasteiger partial charge is 0.296 e. The summed E-state index contributed by atoms with van der Waals surface area (Å²) in [7, 11) is 0. The number of Topliss-reactive ketones (excluding diaryl/α,β-unsaturated/α-hetero) is 1. The Morgan fingerprint density at radius 3 is 2.71 bits per heavy atom. The predicted octanol–water partition coefficient (Wildman–Crippen LogP) is 1.92. The summed E-state index contributed by atoms with van der Waals surface area (Å²) >= 11 is 5.54. The second-order valence-electron chi connectivity index (χ2n) is 3.00. The van der Waals surface area contributed by atoms with E-state index in [1.54, 1.807) is 0 Å². The Hall–Kier alpha value is -1.42. The van der Waals surface area contributed by atoms with Crippen molar-refractivity contribution in [3.8, 4) is 0 Å². The molecular weight excluding hydrogens is 209 g/mol. The summed E-state index contributed by atoms with van der Waals surface area (Å²) in [5.74, 6) is -2.03. The minimum atomic E-state index is -0.746. The van der Waals surface area contributed by atoms with Gasteiger partial charge in [0.15, 0.2) is 0 Å².